The van der Waals surface area contributed by atoms with E-state index in [1.165, 1.54) is 4.90 Å². The number of ether oxygens (including phenoxy) is 2. The van der Waals surface area contributed by atoms with Crippen molar-refractivity contribution in [1.29, 1.82) is 0 Å². The number of hydrogen-bond acceptors (Lipinski definition) is 6. The lowest BCUT2D eigenvalue weighted by Crippen LogP contribution is -2.59. The fourth-order valence-corrected chi connectivity index (χ4v) is 6.85. The van der Waals surface area contributed by atoms with Gasteiger partial charge in [0.1, 0.15) is 11.6 Å². The first-order valence-electron chi connectivity index (χ1n) is 14.0. The van der Waals surface area contributed by atoms with Crippen LogP contribution in [0.2, 0.25) is 5.02 Å². The van der Waals surface area contributed by atoms with E-state index in [1.54, 1.807) is 41.3 Å². The molecule has 1 N–H and O–H groups in total. The van der Waals surface area contributed by atoms with Gasteiger partial charge in [0.25, 0.3) is 5.91 Å². The van der Waals surface area contributed by atoms with E-state index in [1.807, 2.05) is 30.3 Å². The first-order valence-corrected chi connectivity index (χ1v) is 14.3. The Morgan fingerprint density at radius 3 is 2.56 bits per heavy atom. The summed E-state index contributed by atoms with van der Waals surface area (Å²) in [6.45, 7) is 7.47. The van der Waals surface area contributed by atoms with Crippen molar-refractivity contribution in [2.75, 3.05) is 24.7 Å². The Labute approximate surface area is 245 Å². The third kappa shape index (κ3) is 5.20. The SMILES string of the molecule is C=CCCOC(=O)[C@@H]1[C@@H]2CCC3(O2)C(C(=O)N(CC=C)c2ccc(Cl)cc2)N([C@@H](CO)Cc2ccccc2)C(=O)[C@H]13. The normalized spacial score (nSPS) is 26.9. The molecule has 2 bridgehead atoms. The van der Waals surface area contributed by atoms with Gasteiger partial charge in [-0.05, 0) is 55.5 Å². The second kappa shape index (κ2) is 12.2. The maximum Gasteiger partial charge on any atom is 0.312 e. The maximum atomic E-state index is 14.6. The zero-order valence-electron chi connectivity index (χ0n) is 22.9. The van der Waals surface area contributed by atoms with Gasteiger partial charge in [0.05, 0.1) is 37.2 Å². The monoisotopic (exact) mass is 578 g/mol. The van der Waals surface area contributed by atoms with Gasteiger partial charge in [-0.2, -0.15) is 0 Å². The average Bonchev–Trinajstić information content (AvgIpc) is 3.63. The second-order valence-corrected chi connectivity index (χ2v) is 11.2. The summed E-state index contributed by atoms with van der Waals surface area (Å²) in [5.74, 6) is -2.97. The van der Waals surface area contributed by atoms with Crippen molar-refractivity contribution in [3.63, 3.8) is 0 Å². The number of carbonyl (C=O) groups is 3. The molecule has 41 heavy (non-hydrogen) atoms. The highest BCUT2D eigenvalue weighted by Gasteiger charge is 2.75. The van der Waals surface area contributed by atoms with Crippen LogP contribution in [0.25, 0.3) is 0 Å². The maximum absolute atomic E-state index is 14.6. The minimum absolute atomic E-state index is 0.155. The van der Waals surface area contributed by atoms with E-state index in [9.17, 15) is 19.5 Å². The number of likely N-dealkylation sites (tertiary alicyclic amines) is 1. The minimum Gasteiger partial charge on any atom is -0.465 e. The molecule has 0 radical (unpaired) electrons. The molecule has 5 rings (SSSR count). The molecule has 0 aliphatic carbocycles. The van der Waals surface area contributed by atoms with Crippen molar-refractivity contribution >= 4 is 35.1 Å². The van der Waals surface area contributed by atoms with E-state index >= 15 is 0 Å². The lowest BCUT2D eigenvalue weighted by atomic mass is 9.70. The molecule has 8 nitrogen and oxygen atoms in total. The molecule has 2 unspecified atom stereocenters. The van der Waals surface area contributed by atoms with Crippen molar-refractivity contribution in [3.05, 3.63) is 90.5 Å². The molecule has 2 aromatic rings. The molecule has 0 saturated carbocycles. The number of esters is 1. The third-order valence-electron chi connectivity index (χ3n) is 8.44. The summed E-state index contributed by atoms with van der Waals surface area (Å²) in [6, 6.07) is 14.6. The Hall–Kier alpha value is -3.46. The van der Waals surface area contributed by atoms with Crippen molar-refractivity contribution in [2.24, 2.45) is 11.8 Å². The predicted octanol–water partition coefficient (Wildman–Crippen LogP) is 3.96. The van der Waals surface area contributed by atoms with Crippen LogP contribution in [0.1, 0.15) is 24.8 Å². The first-order chi connectivity index (χ1) is 19.9. The molecule has 2 aromatic carbocycles. The summed E-state index contributed by atoms with van der Waals surface area (Å²) in [5, 5.41) is 11.1. The number of nitrogens with zero attached hydrogens (tertiary/aromatic N) is 2. The van der Waals surface area contributed by atoms with E-state index in [2.05, 4.69) is 13.2 Å². The summed E-state index contributed by atoms with van der Waals surface area (Å²) in [4.78, 5) is 45.4. The highest BCUT2D eigenvalue weighted by molar-refractivity contribution is 6.30. The fraction of sp³-hybridized carbons (Fsp3) is 0.406. The number of halogens is 1. The van der Waals surface area contributed by atoms with E-state index in [0.717, 1.165) is 5.56 Å². The van der Waals surface area contributed by atoms with Gasteiger partial charge in [-0.3, -0.25) is 14.4 Å². The molecular weight excluding hydrogens is 544 g/mol. The van der Waals surface area contributed by atoms with Crippen LogP contribution in [0.5, 0.6) is 0 Å². The van der Waals surface area contributed by atoms with Crippen LogP contribution in [0.4, 0.5) is 5.69 Å². The topological polar surface area (TPSA) is 96.4 Å². The Bertz CT molecular complexity index is 1300. The molecule has 3 heterocycles. The molecule has 1 spiro atoms. The van der Waals surface area contributed by atoms with E-state index in [-0.39, 0.29) is 31.6 Å². The number of fused-ring (bicyclic) bond motifs is 1. The molecule has 3 saturated heterocycles. The van der Waals surface area contributed by atoms with Crippen LogP contribution in [0.3, 0.4) is 0 Å². The molecule has 2 amide bonds. The Morgan fingerprint density at radius 1 is 1.17 bits per heavy atom. The number of carbonyl (C=O) groups excluding carboxylic acids is 3. The molecule has 3 fully saturated rings. The van der Waals surface area contributed by atoms with Crippen LogP contribution in [0, 0.1) is 11.8 Å². The van der Waals surface area contributed by atoms with Crippen molar-refractivity contribution < 1.29 is 29.0 Å². The second-order valence-electron chi connectivity index (χ2n) is 10.8. The van der Waals surface area contributed by atoms with Crippen molar-refractivity contribution in [2.45, 2.75) is 49.5 Å². The number of hydrogen-bond donors (Lipinski definition) is 1. The standard InChI is InChI=1S/C32H35ClN2O6/c1-3-5-18-40-31(39)26-25-15-16-32(41-25)27(26)29(37)35(24(20-36)19-21-9-7-6-8-10-21)28(32)30(38)34(17-4-2)23-13-11-22(33)12-14-23/h3-4,6-14,24-28,36H,1-2,5,15-20H2/t24-,25+,26-,27+,28?,32?/m1/s1. The van der Waals surface area contributed by atoms with Crippen LogP contribution in [-0.4, -0.2) is 71.3 Å². The lowest BCUT2D eigenvalue weighted by molar-refractivity contribution is -0.155. The first kappa shape index (κ1) is 29.0. The number of amides is 2. The fourth-order valence-electron chi connectivity index (χ4n) is 6.73. The number of anilines is 1. The third-order valence-corrected chi connectivity index (χ3v) is 8.70. The van der Waals surface area contributed by atoms with Gasteiger partial charge in [-0.25, -0.2) is 0 Å². The van der Waals surface area contributed by atoms with Gasteiger partial charge < -0.3 is 24.4 Å². The zero-order chi connectivity index (χ0) is 29.1. The molecule has 216 valence electrons. The summed E-state index contributed by atoms with van der Waals surface area (Å²) >= 11 is 6.12. The number of aliphatic hydroxyl groups excluding tert-OH is 1. The van der Waals surface area contributed by atoms with Gasteiger partial charge >= 0.3 is 5.97 Å². The molecule has 0 aromatic heterocycles. The minimum atomic E-state index is -1.23. The smallest absolute Gasteiger partial charge is 0.312 e. The summed E-state index contributed by atoms with van der Waals surface area (Å²) < 4.78 is 12.0. The Kier molecular flexibility index (Phi) is 8.63. The highest BCUT2D eigenvalue weighted by Crippen LogP contribution is 2.59. The summed E-state index contributed by atoms with van der Waals surface area (Å²) in [7, 11) is 0. The highest BCUT2D eigenvalue weighted by atomic mass is 35.5. The quantitative estimate of drug-likeness (QED) is 0.233. The van der Waals surface area contributed by atoms with Crippen LogP contribution in [0.15, 0.2) is 79.9 Å². The summed E-state index contributed by atoms with van der Waals surface area (Å²) in [6.07, 6.45) is 4.52. The van der Waals surface area contributed by atoms with Gasteiger partial charge in [-0.15, -0.1) is 13.2 Å². The molecule has 6 atom stereocenters. The van der Waals surface area contributed by atoms with Crippen LogP contribution in [-0.2, 0) is 30.3 Å². The largest absolute Gasteiger partial charge is 0.465 e. The molecule has 3 aliphatic heterocycles. The van der Waals surface area contributed by atoms with Crippen molar-refractivity contribution in [1.82, 2.24) is 4.90 Å². The Morgan fingerprint density at radius 2 is 1.90 bits per heavy atom. The van der Waals surface area contributed by atoms with Gasteiger partial charge in [0, 0.05) is 17.3 Å². The van der Waals surface area contributed by atoms with Crippen LogP contribution < -0.4 is 4.90 Å². The predicted molar refractivity (Wildman–Crippen MR) is 155 cm³/mol. The average molecular weight is 579 g/mol. The van der Waals surface area contributed by atoms with E-state index in [0.29, 0.717) is 36.4 Å². The Balaban J connectivity index is 1.57. The molecular formula is C32H35ClN2O6. The summed E-state index contributed by atoms with van der Waals surface area (Å²) in [5.41, 5.74) is 0.270. The van der Waals surface area contributed by atoms with Gasteiger partial charge in [0.15, 0.2) is 0 Å². The number of aliphatic hydroxyl groups is 1. The van der Waals surface area contributed by atoms with Crippen LogP contribution >= 0.6 is 11.6 Å². The van der Waals surface area contributed by atoms with E-state index in [4.69, 9.17) is 21.1 Å². The molecule has 9 heteroatoms. The van der Waals surface area contributed by atoms with Gasteiger partial charge in [0.2, 0.25) is 5.91 Å². The number of rotatable bonds is 12. The van der Waals surface area contributed by atoms with Gasteiger partial charge in [-0.1, -0.05) is 54.1 Å². The molecule has 3 aliphatic rings. The number of benzene rings is 2. The lowest BCUT2D eigenvalue weighted by Gasteiger charge is -2.39. The van der Waals surface area contributed by atoms with Crippen molar-refractivity contribution in [3.8, 4) is 0 Å². The zero-order valence-corrected chi connectivity index (χ0v) is 23.6. The van der Waals surface area contributed by atoms with E-state index < -0.39 is 41.6 Å².